The SMILES string of the molecule is CCCNC(c1ccc(C)cc1)C(C)SCCCOC. The van der Waals surface area contributed by atoms with E-state index in [1.807, 2.05) is 11.8 Å². The van der Waals surface area contributed by atoms with E-state index in [9.17, 15) is 0 Å². The van der Waals surface area contributed by atoms with Gasteiger partial charge in [0, 0.05) is 25.0 Å². The summed E-state index contributed by atoms with van der Waals surface area (Å²) in [6, 6.07) is 9.36. The predicted octanol–water partition coefficient (Wildman–Crippen LogP) is 4.19. The highest BCUT2D eigenvalue weighted by Gasteiger charge is 2.18. The third-order valence-electron chi connectivity index (χ3n) is 3.39. The summed E-state index contributed by atoms with van der Waals surface area (Å²) in [6.45, 7) is 8.61. The fourth-order valence-corrected chi connectivity index (χ4v) is 3.30. The zero-order chi connectivity index (χ0) is 14.8. The van der Waals surface area contributed by atoms with E-state index in [1.165, 1.54) is 17.5 Å². The van der Waals surface area contributed by atoms with Gasteiger partial charge in [0.2, 0.25) is 0 Å². The summed E-state index contributed by atoms with van der Waals surface area (Å²) in [4.78, 5) is 0. The number of thioether (sulfide) groups is 1. The maximum Gasteiger partial charge on any atom is 0.0470 e. The Morgan fingerprint density at radius 1 is 1.25 bits per heavy atom. The zero-order valence-corrected chi connectivity index (χ0v) is 14.1. The molecule has 0 aromatic heterocycles. The largest absolute Gasteiger partial charge is 0.385 e. The molecule has 0 amide bonds. The molecule has 0 heterocycles. The van der Waals surface area contributed by atoms with Crippen LogP contribution in [0.2, 0.25) is 0 Å². The van der Waals surface area contributed by atoms with E-state index >= 15 is 0 Å². The lowest BCUT2D eigenvalue weighted by Crippen LogP contribution is -2.29. The number of hydrogen-bond donors (Lipinski definition) is 1. The second kappa shape index (κ2) is 10.3. The lowest BCUT2D eigenvalue weighted by atomic mass is 10.0. The highest BCUT2D eigenvalue weighted by molar-refractivity contribution is 7.99. The highest BCUT2D eigenvalue weighted by Crippen LogP contribution is 2.27. The molecule has 2 atom stereocenters. The van der Waals surface area contributed by atoms with Crippen LogP contribution in [-0.2, 0) is 4.74 Å². The quantitative estimate of drug-likeness (QED) is 0.654. The monoisotopic (exact) mass is 295 g/mol. The summed E-state index contributed by atoms with van der Waals surface area (Å²) in [5.74, 6) is 1.16. The molecule has 0 fully saturated rings. The number of hydrogen-bond acceptors (Lipinski definition) is 3. The Kier molecular flexibility index (Phi) is 8.99. The molecule has 1 aromatic carbocycles. The first-order valence-corrected chi connectivity index (χ1v) is 8.64. The van der Waals surface area contributed by atoms with Crippen molar-refractivity contribution in [3.05, 3.63) is 35.4 Å². The standard InChI is InChI=1S/C17H29NOS/c1-5-11-18-17(15(3)20-13-6-12-19-4)16-9-7-14(2)8-10-16/h7-10,15,17-18H,5-6,11-13H2,1-4H3. The number of nitrogens with one attached hydrogen (secondary N) is 1. The van der Waals surface area contributed by atoms with Gasteiger partial charge in [-0.2, -0.15) is 11.8 Å². The number of methoxy groups -OCH3 is 1. The smallest absolute Gasteiger partial charge is 0.0470 e. The molecular weight excluding hydrogens is 266 g/mol. The van der Waals surface area contributed by atoms with Crippen LogP contribution in [0.15, 0.2) is 24.3 Å². The number of ether oxygens (including phenoxy) is 1. The van der Waals surface area contributed by atoms with Gasteiger partial charge in [-0.1, -0.05) is 43.7 Å². The van der Waals surface area contributed by atoms with Crippen LogP contribution in [0.5, 0.6) is 0 Å². The van der Waals surface area contributed by atoms with Gasteiger partial charge in [0.1, 0.15) is 0 Å². The van der Waals surface area contributed by atoms with Gasteiger partial charge in [0.25, 0.3) is 0 Å². The van der Waals surface area contributed by atoms with Gasteiger partial charge in [-0.15, -0.1) is 0 Å². The van der Waals surface area contributed by atoms with Crippen LogP contribution < -0.4 is 5.32 Å². The van der Waals surface area contributed by atoms with Crippen LogP contribution in [-0.4, -0.2) is 31.3 Å². The molecule has 0 bridgehead atoms. The minimum absolute atomic E-state index is 0.433. The van der Waals surface area contributed by atoms with E-state index in [0.717, 1.165) is 25.3 Å². The Balaban J connectivity index is 2.60. The van der Waals surface area contributed by atoms with E-state index in [-0.39, 0.29) is 0 Å². The highest BCUT2D eigenvalue weighted by atomic mass is 32.2. The van der Waals surface area contributed by atoms with Crippen molar-refractivity contribution in [1.29, 1.82) is 0 Å². The minimum Gasteiger partial charge on any atom is -0.385 e. The molecule has 0 aliphatic rings. The molecule has 2 nitrogen and oxygen atoms in total. The lowest BCUT2D eigenvalue weighted by Gasteiger charge is -2.25. The molecule has 3 heteroatoms. The van der Waals surface area contributed by atoms with E-state index in [2.05, 4.69) is 50.4 Å². The summed E-state index contributed by atoms with van der Waals surface area (Å²) in [6.07, 6.45) is 2.29. The van der Waals surface area contributed by atoms with Crippen molar-refractivity contribution in [1.82, 2.24) is 5.32 Å². The molecular formula is C17H29NOS. The molecule has 0 saturated carbocycles. The summed E-state index contributed by atoms with van der Waals surface area (Å²) < 4.78 is 5.12. The van der Waals surface area contributed by atoms with Crippen molar-refractivity contribution < 1.29 is 4.74 Å². The van der Waals surface area contributed by atoms with Crippen LogP contribution >= 0.6 is 11.8 Å². The summed E-state index contributed by atoms with van der Waals surface area (Å²) >= 11 is 2.03. The van der Waals surface area contributed by atoms with Crippen molar-refractivity contribution in [2.24, 2.45) is 0 Å². The van der Waals surface area contributed by atoms with Crippen molar-refractivity contribution in [3.8, 4) is 0 Å². The molecule has 0 radical (unpaired) electrons. The zero-order valence-electron chi connectivity index (χ0n) is 13.3. The topological polar surface area (TPSA) is 21.3 Å². The van der Waals surface area contributed by atoms with Gasteiger partial charge < -0.3 is 10.1 Å². The summed E-state index contributed by atoms with van der Waals surface area (Å²) in [5, 5.41) is 4.26. The van der Waals surface area contributed by atoms with Gasteiger partial charge in [-0.25, -0.2) is 0 Å². The number of rotatable bonds is 10. The third-order valence-corrected chi connectivity index (χ3v) is 4.72. The van der Waals surface area contributed by atoms with Crippen LogP contribution in [0.25, 0.3) is 0 Å². The van der Waals surface area contributed by atoms with Crippen molar-refractivity contribution >= 4 is 11.8 Å². The van der Waals surface area contributed by atoms with Crippen LogP contribution in [0.3, 0.4) is 0 Å². The molecule has 1 rings (SSSR count). The van der Waals surface area contributed by atoms with Gasteiger partial charge in [-0.05, 0) is 37.6 Å². The van der Waals surface area contributed by atoms with Crippen LogP contribution in [0.1, 0.15) is 43.9 Å². The van der Waals surface area contributed by atoms with E-state index in [1.54, 1.807) is 7.11 Å². The molecule has 2 unspecified atom stereocenters. The van der Waals surface area contributed by atoms with Crippen LogP contribution in [0.4, 0.5) is 0 Å². The normalized spacial score (nSPS) is 14.2. The fraction of sp³-hybridized carbons (Fsp3) is 0.647. The molecule has 114 valence electrons. The van der Waals surface area contributed by atoms with Gasteiger partial charge in [0.05, 0.1) is 0 Å². The van der Waals surface area contributed by atoms with Crippen LogP contribution in [0, 0.1) is 6.92 Å². The average Bonchev–Trinajstić information content (AvgIpc) is 2.46. The first-order chi connectivity index (χ1) is 9.69. The number of benzene rings is 1. The molecule has 20 heavy (non-hydrogen) atoms. The lowest BCUT2D eigenvalue weighted by molar-refractivity contribution is 0.200. The Morgan fingerprint density at radius 3 is 2.55 bits per heavy atom. The number of aryl methyl sites for hydroxylation is 1. The van der Waals surface area contributed by atoms with Crippen molar-refractivity contribution in [2.75, 3.05) is 26.0 Å². The van der Waals surface area contributed by atoms with Gasteiger partial charge >= 0.3 is 0 Å². The van der Waals surface area contributed by atoms with E-state index < -0.39 is 0 Å². The molecule has 0 spiro atoms. The van der Waals surface area contributed by atoms with E-state index in [0.29, 0.717) is 11.3 Å². The molecule has 0 saturated heterocycles. The summed E-state index contributed by atoms with van der Waals surface area (Å²) in [7, 11) is 1.77. The Morgan fingerprint density at radius 2 is 1.95 bits per heavy atom. The predicted molar refractivity (Wildman–Crippen MR) is 90.6 cm³/mol. The van der Waals surface area contributed by atoms with Gasteiger partial charge in [0.15, 0.2) is 0 Å². The van der Waals surface area contributed by atoms with Crippen molar-refractivity contribution in [3.63, 3.8) is 0 Å². The Bertz CT molecular complexity index is 353. The molecule has 0 aliphatic heterocycles. The Hall–Kier alpha value is -0.510. The second-order valence-electron chi connectivity index (χ2n) is 5.26. The summed E-state index contributed by atoms with van der Waals surface area (Å²) in [5.41, 5.74) is 2.72. The van der Waals surface area contributed by atoms with E-state index in [4.69, 9.17) is 4.74 Å². The molecule has 1 aromatic rings. The first-order valence-electron chi connectivity index (χ1n) is 7.59. The second-order valence-corrected chi connectivity index (χ2v) is 6.75. The van der Waals surface area contributed by atoms with Crippen molar-refractivity contribution in [2.45, 2.75) is 44.9 Å². The third kappa shape index (κ3) is 6.29. The molecule has 1 N–H and O–H groups in total. The maximum absolute atomic E-state index is 5.12. The minimum atomic E-state index is 0.433. The maximum atomic E-state index is 5.12. The Labute approximate surface area is 128 Å². The average molecular weight is 295 g/mol. The molecule has 0 aliphatic carbocycles. The fourth-order valence-electron chi connectivity index (χ4n) is 2.20. The van der Waals surface area contributed by atoms with Gasteiger partial charge in [-0.3, -0.25) is 0 Å². The first kappa shape index (κ1) is 17.5.